The molecule has 2 aromatic rings. The lowest BCUT2D eigenvalue weighted by molar-refractivity contribution is -0.140. The van der Waals surface area contributed by atoms with Crippen LogP contribution in [0.15, 0.2) is 18.5 Å². The van der Waals surface area contributed by atoms with Crippen LogP contribution in [0.1, 0.15) is 25.3 Å². The number of carboxylic acids is 1. The molecule has 4 rings (SSSR count). The van der Waals surface area contributed by atoms with Crippen molar-refractivity contribution in [3.63, 3.8) is 0 Å². The van der Waals surface area contributed by atoms with E-state index in [1.165, 1.54) is 0 Å². The number of allylic oxidation sites excluding steroid dienone is 1. The summed E-state index contributed by atoms with van der Waals surface area (Å²) in [4.78, 5) is 24.0. The summed E-state index contributed by atoms with van der Waals surface area (Å²) >= 11 is 0. The van der Waals surface area contributed by atoms with Crippen LogP contribution in [0.3, 0.4) is 0 Å². The number of nitrogen functional groups attached to an aromatic ring is 1. The lowest BCUT2D eigenvalue weighted by Crippen LogP contribution is -2.13. The number of aromatic nitrogens is 4. The van der Waals surface area contributed by atoms with E-state index in [0.29, 0.717) is 29.4 Å². The minimum atomic E-state index is -0.812. The molecule has 2 aliphatic carbocycles. The van der Waals surface area contributed by atoms with Crippen LogP contribution in [0.4, 0.5) is 11.8 Å². The number of hydrogen-bond acceptors (Lipinski definition) is 6. The van der Waals surface area contributed by atoms with Crippen LogP contribution in [-0.4, -0.2) is 36.6 Å². The lowest BCUT2D eigenvalue weighted by atomic mass is 10.1. The fourth-order valence-corrected chi connectivity index (χ4v) is 2.77. The van der Waals surface area contributed by atoms with Gasteiger partial charge in [0.25, 0.3) is 0 Å². The van der Waals surface area contributed by atoms with Crippen molar-refractivity contribution in [2.24, 2.45) is 5.92 Å². The molecule has 1 fully saturated rings. The second-order valence-electron chi connectivity index (χ2n) is 5.81. The Labute approximate surface area is 126 Å². The zero-order valence-electron chi connectivity index (χ0n) is 11.8. The smallest absolute Gasteiger partial charge is 0.310 e. The van der Waals surface area contributed by atoms with Crippen LogP contribution < -0.4 is 11.1 Å². The number of carboxylic acid groups (broad SMARTS) is 1. The van der Waals surface area contributed by atoms with Crippen LogP contribution in [0.25, 0.3) is 11.2 Å². The highest BCUT2D eigenvalue weighted by Gasteiger charge is 2.28. The third kappa shape index (κ3) is 2.16. The van der Waals surface area contributed by atoms with Gasteiger partial charge in [-0.05, 0) is 19.3 Å². The molecule has 2 aliphatic rings. The Balaban J connectivity index is 1.72. The van der Waals surface area contributed by atoms with E-state index >= 15 is 0 Å². The lowest BCUT2D eigenvalue weighted by Gasteiger charge is -2.12. The Bertz CT molecular complexity index is 779. The van der Waals surface area contributed by atoms with Crippen LogP contribution >= 0.6 is 0 Å². The van der Waals surface area contributed by atoms with Gasteiger partial charge in [0.15, 0.2) is 17.0 Å². The van der Waals surface area contributed by atoms with Gasteiger partial charge < -0.3 is 20.7 Å². The van der Waals surface area contributed by atoms with Gasteiger partial charge in [0.05, 0.1) is 18.3 Å². The summed E-state index contributed by atoms with van der Waals surface area (Å²) in [6, 6.07) is 0.361. The van der Waals surface area contributed by atoms with E-state index in [9.17, 15) is 4.79 Å². The molecule has 8 nitrogen and oxygen atoms in total. The molecular weight excluding hydrogens is 284 g/mol. The van der Waals surface area contributed by atoms with Crippen molar-refractivity contribution in [2.75, 3.05) is 11.1 Å². The van der Waals surface area contributed by atoms with Crippen LogP contribution in [0, 0.1) is 5.92 Å². The molecule has 2 aromatic heterocycles. The zero-order chi connectivity index (χ0) is 15.3. The van der Waals surface area contributed by atoms with Crippen LogP contribution in [0.2, 0.25) is 0 Å². The number of carbonyl (C=O) groups is 1. The number of rotatable bonds is 4. The second-order valence-corrected chi connectivity index (χ2v) is 5.81. The topological polar surface area (TPSA) is 119 Å². The molecule has 0 spiro atoms. The molecule has 0 aliphatic heterocycles. The molecule has 0 bridgehead atoms. The monoisotopic (exact) mass is 300 g/mol. The maximum atomic E-state index is 11.1. The highest BCUT2D eigenvalue weighted by molar-refractivity contribution is 5.84. The highest BCUT2D eigenvalue weighted by Crippen LogP contribution is 2.33. The first kappa shape index (κ1) is 13.1. The Kier molecular flexibility index (Phi) is 2.78. The van der Waals surface area contributed by atoms with Crippen molar-refractivity contribution in [1.29, 1.82) is 0 Å². The van der Waals surface area contributed by atoms with E-state index < -0.39 is 11.9 Å². The number of anilines is 2. The van der Waals surface area contributed by atoms with E-state index in [0.717, 1.165) is 12.8 Å². The summed E-state index contributed by atoms with van der Waals surface area (Å²) in [5, 5.41) is 12.4. The van der Waals surface area contributed by atoms with Gasteiger partial charge in [0, 0.05) is 6.04 Å². The summed E-state index contributed by atoms with van der Waals surface area (Å²) in [5.74, 6) is -0.436. The molecule has 1 saturated carbocycles. The average molecular weight is 300 g/mol. The van der Waals surface area contributed by atoms with Crippen LogP contribution in [0.5, 0.6) is 0 Å². The first-order chi connectivity index (χ1) is 10.6. The molecule has 2 atom stereocenters. The fraction of sp³-hybridized carbons (Fsp3) is 0.429. The van der Waals surface area contributed by atoms with Crippen molar-refractivity contribution < 1.29 is 9.90 Å². The Morgan fingerprint density at radius 3 is 2.86 bits per heavy atom. The van der Waals surface area contributed by atoms with Crippen molar-refractivity contribution in [3.8, 4) is 0 Å². The van der Waals surface area contributed by atoms with Gasteiger partial charge in [-0.1, -0.05) is 12.2 Å². The standard InChI is InChI=1S/C14H16N6O2/c15-14-18-11(17-8-2-3-8)10-12(19-14)20(6-16-10)9-4-1-7(5-9)13(21)22/h1,4,6-9H,2-3,5H2,(H,21,22)(H3,15,17,18,19)/t7-,9+/m1/s1. The van der Waals surface area contributed by atoms with E-state index in [1.54, 1.807) is 12.4 Å². The second kappa shape index (κ2) is 4.69. The van der Waals surface area contributed by atoms with E-state index in [4.69, 9.17) is 10.8 Å². The Hall–Kier alpha value is -2.64. The summed E-state index contributed by atoms with van der Waals surface area (Å²) in [6.07, 6.45) is 8.01. The molecule has 22 heavy (non-hydrogen) atoms. The number of aliphatic carboxylic acids is 1. The fourth-order valence-electron chi connectivity index (χ4n) is 2.77. The van der Waals surface area contributed by atoms with Crippen molar-refractivity contribution in [3.05, 3.63) is 18.5 Å². The predicted molar refractivity (Wildman–Crippen MR) is 80.3 cm³/mol. The minimum Gasteiger partial charge on any atom is -0.481 e. The molecule has 2 heterocycles. The number of nitrogens with zero attached hydrogens (tertiary/aromatic N) is 4. The van der Waals surface area contributed by atoms with Gasteiger partial charge >= 0.3 is 5.97 Å². The van der Waals surface area contributed by atoms with Crippen molar-refractivity contribution in [2.45, 2.75) is 31.3 Å². The number of nitrogens with two attached hydrogens (primary N) is 1. The number of nitrogens with one attached hydrogen (secondary N) is 1. The minimum absolute atomic E-state index is 0.0748. The largest absolute Gasteiger partial charge is 0.481 e. The highest BCUT2D eigenvalue weighted by atomic mass is 16.4. The number of hydrogen-bond donors (Lipinski definition) is 3. The molecule has 0 unspecified atom stereocenters. The maximum Gasteiger partial charge on any atom is 0.310 e. The summed E-state index contributed by atoms with van der Waals surface area (Å²) in [5.41, 5.74) is 7.12. The first-order valence-electron chi connectivity index (χ1n) is 7.29. The average Bonchev–Trinajstić information content (AvgIpc) is 3.00. The number of imidazole rings is 1. The summed E-state index contributed by atoms with van der Waals surface area (Å²) < 4.78 is 1.87. The van der Waals surface area contributed by atoms with Gasteiger partial charge in [-0.15, -0.1) is 0 Å². The zero-order valence-corrected chi connectivity index (χ0v) is 11.8. The third-order valence-corrected chi connectivity index (χ3v) is 4.09. The molecule has 0 radical (unpaired) electrons. The van der Waals surface area contributed by atoms with Gasteiger partial charge in [0.1, 0.15) is 0 Å². The summed E-state index contributed by atoms with van der Waals surface area (Å²) in [7, 11) is 0. The SMILES string of the molecule is Nc1nc(NC2CC2)c2ncn([C@H]3C=C[C@@H](C(=O)O)C3)c2n1. The van der Waals surface area contributed by atoms with Crippen LogP contribution in [-0.2, 0) is 4.79 Å². The van der Waals surface area contributed by atoms with E-state index in [-0.39, 0.29) is 12.0 Å². The molecular formula is C14H16N6O2. The predicted octanol–water partition coefficient (Wildman–Crippen LogP) is 1.18. The van der Waals surface area contributed by atoms with Gasteiger partial charge in [-0.25, -0.2) is 4.98 Å². The molecule has 0 aromatic carbocycles. The Morgan fingerprint density at radius 2 is 2.18 bits per heavy atom. The molecule has 8 heteroatoms. The van der Waals surface area contributed by atoms with Crippen molar-refractivity contribution >= 4 is 28.9 Å². The maximum absolute atomic E-state index is 11.1. The number of fused-ring (bicyclic) bond motifs is 1. The van der Waals surface area contributed by atoms with Crippen molar-refractivity contribution in [1.82, 2.24) is 19.5 Å². The normalized spacial score (nSPS) is 24.0. The quantitative estimate of drug-likeness (QED) is 0.725. The first-order valence-corrected chi connectivity index (χ1v) is 7.29. The molecule has 0 amide bonds. The van der Waals surface area contributed by atoms with E-state index in [2.05, 4.69) is 20.3 Å². The van der Waals surface area contributed by atoms with Gasteiger partial charge in [-0.2, -0.15) is 9.97 Å². The molecule has 0 saturated heterocycles. The van der Waals surface area contributed by atoms with Gasteiger partial charge in [0.2, 0.25) is 5.95 Å². The van der Waals surface area contributed by atoms with Gasteiger partial charge in [-0.3, -0.25) is 4.79 Å². The summed E-state index contributed by atoms with van der Waals surface area (Å²) in [6.45, 7) is 0. The third-order valence-electron chi connectivity index (χ3n) is 4.09. The van der Waals surface area contributed by atoms with E-state index in [1.807, 2.05) is 10.6 Å². The Morgan fingerprint density at radius 1 is 1.36 bits per heavy atom. The molecule has 114 valence electrons. The molecule has 4 N–H and O–H groups in total.